The van der Waals surface area contributed by atoms with Gasteiger partial charge in [-0.1, -0.05) is 17.3 Å². The highest BCUT2D eigenvalue weighted by Gasteiger charge is 2.19. The van der Waals surface area contributed by atoms with Crippen LogP contribution in [0.25, 0.3) is 11.5 Å². The second-order valence-corrected chi connectivity index (χ2v) is 5.94. The van der Waals surface area contributed by atoms with Crippen LogP contribution < -0.4 is 20.1 Å². The van der Waals surface area contributed by atoms with Gasteiger partial charge in [-0.15, -0.1) is 0 Å². The molecule has 0 amide bonds. The average Bonchev–Trinajstić information content (AvgIpc) is 3.42. The first-order valence-corrected chi connectivity index (χ1v) is 8.69. The maximum absolute atomic E-state index is 5.24. The maximum Gasteiger partial charge on any atom is 0.322 e. The summed E-state index contributed by atoms with van der Waals surface area (Å²) in [4.78, 5) is 4.30. The second-order valence-electron chi connectivity index (χ2n) is 5.94. The number of rotatable bonds is 8. The molecule has 0 aliphatic carbocycles. The summed E-state index contributed by atoms with van der Waals surface area (Å²) in [6.45, 7) is 0.514. The summed E-state index contributed by atoms with van der Waals surface area (Å²) in [7, 11) is 3.24. The molecule has 0 saturated heterocycles. The zero-order valence-electron chi connectivity index (χ0n) is 15.7. The molecular weight excluding hydrogens is 376 g/mol. The minimum atomic E-state index is 0.250. The van der Waals surface area contributed by atoms with Gasteiger partial charge in [0.1, 0.15) is 11.5 Å². The number of anilines is 3. The minimum Gasteiger partial charge on any atom is -0.497 e. The van der Waals surface area contributed by atoms with Crippen molar-refractivity contribution in [2.24, 2.45) is 0 Å². The summed E-state index contributed by atoms with van der Waals surface area (Å²) in [5, 5.41) is 17.8. The molecule has 0 unspecified atom stereocenters. The van der Waals surface area contributed by atoms with Gasteiger partial charge < -0.3 is 24.6 Å². The van der Waals surface area contributed by atoms with Gasteiger partial charge in [-0.25, -0.2) is 4.63 Å². The van der Waals surface area contributed by atoms with Gasteiger partial charge >= 0.3 is 6.01 Å². The molecule has 0 fully saturated rings. The number of methoxy groups -OCH3 is 2. The Labute approximate surface area is 165 Å². The van der Waals surface area contributed by atoms with Gasteiger partial charge in [0.15, 0.2) is 5.69 Å². The van der Waals surface area contributed by atoms with Crippen molar-refractivity contribution in [1.82, 2.24) is 20.5 Å². The predicted octanol–water partition coefficient (Wildman–Crippen LogP) is 3.49. The maximum atomic E-state index is 5.24. The molecule has 0 radical (unpaired) electrons. The quantitative estimate of drug-likeness (QED) is 0.459. The van der Waals surface area contributed by atoms with Crippen molar-refractivity contribution in [1.29, 1.82) is 0 Å². The fourth-order valence-corrected chi connectivity index (χ4v) is 2.54. The summed E-state index contributed by atoms with van der Waals surface area (Å²) < 4.78 is 20.4. The number of benzene rings is 2. The molecule has 2 aromatic carbocycles. The Hall–Kier alpha value is -4.08. The Morgan fingerprint density at radius 3 is 2.24 bits per heavy atom. The molecule has 148 valence electrons. The first kappa shape index (κ1) is 18.3. The van der Waals surface area contributed by atoms with E-state index in [1.54, 1.807) is 14.2 Å². The van der Waals surface area contributed by atoms with Gasteiger partial charge in [0.25, 0.3) is 0 Å². The molecule has 0 aliphatic heterocycles. The van der Waals surface area contributed by atoms with E-state index in [1.807, 2.05) is 48.5 Å². The highest BCUT2D eigenvalue weighted by molar-refractivity contribution is 5.70. The van der Waals surface area contributed by atoms with E-state index in [0.29, 0.717) is 18.1 Å². The average molecular weight is 394 g/mol. The molecule has 0 aliphatic rings. The first-order valence-electron chi connectivity index (χ1n) is 8.69. The molecule has 0 atom stereocenters. The van der Waals surface area contributed by atoms with Crippen molar-refractivity contribution in [3.8, 4) is 23.0 Å². The zero-order valence-corrected chi connectivity index (χ0v) is 15.7. The lowest BCUT2D eigenvalue weighted by atomic mass is 10.2. The number of hydrogen-bond donors (Lipinski definition) is 2. The lowest BCUT2D eigenvalue weighted by molar-refractivity contribution is 0.310. The molecule has 2 N–H and O–H groups in total. The summed E-state index contributed by atoms with van der Waals surface area (Å²) in [6.07, 6.45) is 0. The van der Waals surface area contributed by atoms with E-state index in [0.717, 1.165) is 22.7 Å². The van der Waals surface area contributed by atoms with Crippen LogP contribution in [0.1, 0.15) is 5.56 Å². The fraction of sp³-hybridized carbons (Fsp3) is 0.158. The predicted molar refractivity (Wildman–Crippen MR) is 104 cm³/mol. The molecule has 4 aromatic rings. The van der Waals surface area contributed by atoms with Crippen molar-refractivity contribution < 1.29 is 18.6 Å². The van der Waals surface area contributed by atoms with Crippen LogP contribution in [-0.4, -0.2) is 34.7 Å². The molecule has 2 aromatic heterocycles. The van der Waals surface area contributed by atoms with E-state index in [2.05, 4.69) is 31.1 Å². The number of nitrogens with one attached hydrogen (secondary N) is 2. The highest BCUT2D eigenvalue weighted by atomic mass is 16.6. The van der Waals surface area contributed by atoms with Crippen molar-refractivity contribution in [3.05, 3.63) is 54.1 Å². The molecule has 0 bridgehead atoms. The Morgan fingerprint density at radius 1 is 0.862 bits per heavy atom. The van der Waals surface area contributed by atoms with Crippen LogP contribution in [0, 0.1) is 0 Å². The van der Waals surface area contributed by atoms with Crippen molar-refractivity contribution in [2.75, 3.05) is 24.9 Å². The Kier molecular flexibility index (Phi) is 5.23. The van der Waals surface area contributed by atoms with Gasteiger partial charge in [-0.2, -0.15) is 4.98 Å². The molecule has 2 heterocycles. The van der Waals surface area contributed by atoms with Crippen LogP contribution in [0.2, 0.25) is 0 Å². The number of ether oxygens (including phenoxy) is 2. The Bertz CT molecular complexity index is 1060. The third kappa shape index (κ3) is 4.26. The standard InChI is InChI=1S/C19H18N6O4/c1-26-14-7-3-12(4-8-14)11-20-19-22-18(24-28-19)16-17(25-29-23-16)21-13-5-9-15(27-2)10-6-13/h3-10H,11H2,1-2H3,(H,21,25)(H,20,22,24). The molecule has 10 nitrogen and oxygen atoms in total. The van der Waals surface area contributed by atoms with Gasteiger partial charge in [-0.05, 0) is 52.3 Å². The van der Waals surface area contributed by atoms with Gasteiger partial charge in [0.05, 0.1) is 14.2 Å². The van der Waals surface area contributed by atoms with E-state index in [9.17, 15) is 0 Å². The van der Waals surface area contributed by atoms with Crippen LogP contribution in [0.5, 0.6) is 11.5 Å². The van der Waals surface area contributed by atoms with E-state index in [4.69, 9.17) is 18.6 Å². The van der Waals surface area contributed by atoms with E-state index in [1.165, 1.54) is 0 Å². The van der Waals surface area contributed by atoms with Crippen molar-refractivity contribution >= 4 is 17.5 Å². The Balaban J connectivity index is 1.43. The summed E-state index contributed by atoms with van der Waals surface area (Å²) in [6, 6.07) is 15.3. The normalized spacial score (nSPS) is 10.6. The zero-order chi connectivity index (χ0) is 20.1. The number of nitrogens with zero attached hydrogens (tertiary/aromatic N) is 4. The van der Waals surface area contributed by atoms with Gasteiger partial charge in [0.2, 0.25) is 11.6 Å². The topological polar surface area (TPSA) is 120 Å². The summed E-state index contributed by atoms with van der Waals surface area (Å²) in [5.41, 5.74) is 2.15. The van der Waals surface area contributed by atoms with Crippen LogP contribution >= 0.6 is 0 Å². The number of aromatic nitrogens is 4. The summed E-state index contributed by atoms with van der Waals surface area (Å²) in [5.74, 6) is 2.17. The summed E-state index contributed by atoms with van der Waals surface area (Å²) >= 11 is 0. The van der Waals surface area contributed by atoms with Crippen LogP contribution in [0.15, 0.2) is 57.7 Å². The van der Waals surface area contributed by atoms with E-state index >= 15 is 0 Å². The monoisotopic (exact) mass is 394 g/mol. The molecular formula is C19H18N6O4. The second kappa shape index (κ2) is 8.30. The number of hydrogen-bond acceptors (Lipinski definition) is 10. The molecule has 29 heavy (non-hydrogen) atoms. The highest BCUT2D eigenvalue weighted by Crippen LogP contribution is 2.26. The van der Waals surface area contributed by atoms with Crippen LogP contribution in [-0.2, 0) is 6.54 Å². The van der Waals surface area contributed by atoms with Crippen molar-refractivity contribution in [3.63, 3.8) is 0 Å². The Morgan fingerprint density at radius 2 is 1.55 bits per heavy atom. The van der Waals surface area contributed by atoms with E-state index in [-0.39, 0.29) is 11.8 Å². The first-order chi connectivity index (χ1) is 14.2. The van der Waals surface area contributed by atoms with Crippen molar-refractivity contribution in [2.45, 2.75) is 6.54 Å². The lowest BCUT2D eigenvalue weighted by Gasteiger charge is -2.04. The van der Waals surface area contributed by atoms with Crippen LogP contribution in [0.4, 0.5) is 17.5 Å². The minimum absolute atomic E-state index is 0.250. The lowest BCUT2D eigenvalue weighted by Crippen LogP contribution is -1.99. The van der Waals surface area contributed by atoms with E-state index < -0.39 is 0 Å². The third-order valence-corrected chi connectivity index (χ3v) is 4.08. The molecule has 10 heteroatoms. The SMILES string of the molecule is COc1ccc(CNc2nc(-c3nonc3Nc3ccc(OC)cc3)no2)cc1. The smallest absolute Gasteiger partial charge is 0.322 e. The molecule has 0 spiro atoms. The molecule has 0 saturated carbocycles. The fourth-order valence-electron chi connectivity index (χ4n) is 2.54. The molecule has 4 rings (SSSR count). The van der Waals surface area contributed by atoms with Gasteiger partial charge in [-0.3, -0.25) is 0 Å². The largest absolute Gasteiger partial charge is 0.497 e. The third-order valence-electron chi connectivity index (χ3n) is 4.08. The van der Waals surface area contributed by atoms with Crippen LogP contribution in [0.3, 0.4) is 0 Å². The van der Waals surface area contributed by atoms with Gasteiger partial charge in [0, 0.05) is 12.2 Å².